The summed E-state index contributed by atoms with van der Waals surface area (Å²) in [7, 11) is 0. The Kier molecular flexibility index (Phi) is 5.49. The maximum absolute atomic E-state index is 12.7. The summed E-state index contributed by atoms with van der Waals surface area (Å²) in [6.45, 7) is 7.80. The van der Waals surface area contributed by atoms with Crippen LogP contribution >= 0.6 is 0 Å². The molecular weight excluding hydrogens is 354 g/mol. The third-order valence-corrected chi connectivity index (χ3v) is 4.85. The van der Waals surface area contributed by atoms with Gasteiger partial charge in [-0.05, 0) is 50.1 Å². The number of hydrogen-bond acceptors (Lipinski definition) is 3. The Morgan fingerprint density at radius 3 is 2.21 bits per heavy atom. The molecule has 0 aliphatic carbocycles. The quantitative estimate of drug-likeness (QED) is 0.853. The Labute approximate surface area is 164 Å². The molecule has 28 heavy (non-hydrogen) atoms. The van der Waals surface area contributed by atoms with Gasteiger partial charge in [0.25, 0.3) is 0 Å². The van der Waals surface area contributed by atoms with Gasteiger partial charge in [-0.2, -0.15) is 0 Å². The van der Waals surface area contributed by atoms with Crippen LogP contribution in [0.2, 0.25) is 0 Å². The van der Waals surface area contributed by atoms with Gasteiger partial charge in [-0.15, -0.1) is 0 Å². The number of benzene rings is 2. The average Bonchev–Trinajstić information content (AvgIpc) is 2.95. The fraction of sp³-hybridized carbons (Fsp3) is 0.318. The predicted octanol–water partition coefficient (Wildman–Crippen LogP) is 3.56. The summed E-state index contributed by atoms with van der Waals surface area (Å²) in [5.41, 5.74) is 5.33. The van der Waals surface area contributed by atoms with Crippen molar-refractivity contribution < 1.29 is 14.4 Å². The summed E-state index contributed by atoms with van der Waals surface area (Å²) in [6.07, 6.45) is 0.185. The van der Waals surface area contributed by atoms with Crippen molar-refractivity contribution in [2.45, 2.75) is 34.1 Å². The van der Waals surface area contributed by atoms with Gasteiger partial charge >= 0.3 is 0 Å². The summed E-state index contributed by atoms with van der Waals surface area (Å²) in [6, 6.07) is 11.1. The highest BCUT2D eigenvalue weighted by Gasteiger charge is 2.36. The number of aryl methyl sites for hydroxylation is 3. The Morgan fingerprint density at radius 2 is 1.61 bits per heavy atom. The SMILES string of the molecule is CC(=O)Nc1cccc(NC(=O)C2CC(=O)N(c3c(C)cc(C)cc3C)C2)c1. The average molecular weight is 379 g/mol. The first-order valence-corrected chi connectivity index (χ1v) is 9.31. The molecule has 146 valence electrons. The fourth-order valence-corrected chi connectivity index (χ4v) is 3.82. The monoisotopic (exact) mass is 379 g/mol. The van der Waals surface area contributed by atoms with E-state index in [1.807, 2.05) is 20.8 Å². The van der Waals surface area contributed by atoms with Crippen LogP contribution in [0.5, 0.6) is 0 Å². The van der Waals surface area contributed by atoms with Gasteiger partial charge < -0.3 is 15.5 Å². The van der Waals surface area contributed by atoms with E-state index in [0.717, 1.165) is 22.4 Å². The van der Waals surface area contributed by atoms with Crippen molar-refractivity contribution in [1.82, 2.24) is 0 Å². The Balaban J connectivity index is 1.73. The van der Waals surface area contributed by atoms with Gasteiger partial charge in [0, 0.05) is 37.0 Å². The molecule has 1 atom stereocenters. The first-order chi connectivity index (χ1) is 13.2. The van der Waals surface area contributed by atoms with E-state index in [4.69, 9.17) is 0 Å². The van der Waals surface area contributed by atoms with E-state index in [1.165, 1.54) is 6.92 Å². The van der Waals surface area contributed by atoms with Crippen LogP contribution in [0.1, 0.15) is 30.0 Å². The van der Waals surface area contributed by atoms with Crippen LogP contribution in [-0.2, 0) is 14.4 Å². The summed E-state index contributed by atoms with van der Waals surface area (Å²) >= 11 is 0. The minimum Gasteiger partial charge on any atom is -0.326 e. The lowest BCUT2D eigenvalue weighted by atomic mass is 10.0. The van der Waals surface area contributed by atoms with Gasteiger partial charge in [0.15, 0.2) is 0 Å². The first kappa shape index (κ1) is 19.6. The normalized spacial score (nSPS) is 16.2. The highest BCUT2D eigenvalue weighted by molar-refractivity contribution is 6.04. The molecule has 2 aromatic carbocycles. The van der Waals surface area contributed by atoms with Crippen LogP contribution in [0.4, 0.5) is 17.1 Å². The standard InChI is InChI=1S/C22H25N3O3/c1-13-8-14(2)21(15(3)9-13)25-12-17(10-20(25)27)22(28)24-19-7-5-6-18(11-19)23-16(4)26/h5-9,11,17H,10,12H2,1-4H3,(H,23,26)(H,24,28). The number of rotatable bonds is 4. The zero-order valence-electron chi connectivity index (χ0n) is 16.6. The molecule has 0 bridgehead atoms. The van der Waals surface area contributed by atoms with Crippen LogP contribution in [0.15, 0.2) is 36.4 Å². The summed E-state index contributed by atoms with van der Waals surface area (Å²) < 4.78 is 0. The maximum atomic E-state index is 12.7. The second-order valence-corrected chi connectivity index (χ2v) is 7.40. The number of carbonyl (C=O) groups excluding carboxylic acids is 3. The third-order valence-electron chi connectivity index (χ3n) is 4.85. The van der Waals surface area contributed by atoms with Gasteiger partial charge in [-0.3, -0.25) is 14.4 Å². The van der Waals surface area contributed by atoms with Crippen molar-refractivity contribution in [1.29, 1.82) is 0 Å². The fourth-order valence-electron chi connectivity index (χ4n) is 3.82. The van der Waals surface area contributed by atoms with Crippen molar-refractivity contribution in [2.75, 3.05) is 22.1 Å². The molecule has 1 fully saturated rings. The van der Waals surface area contributed by atoms with E-state index in [2.05, 4.69) is 22.8 Å². The molecule has 2 aromatic rings. The summed E-state index contributed by atoms with van der Waals surface area (Å²) in [5, 5.41) is 5.55. The highest BCUT2D eigenvalue weighted by atomic mass is 16.2. The van der Waals surface area contributed by atoms with Crippen LogP contribution in [-0.4, -0.2) is 24.3 Å². The topological polar surface area (TPSA) is 78.5 Å². The molecule has 0 spiro atoms. The van der Waals surface area contributed by atoms with E-state index >= 15 is 0 Å². The van der Waals surface area contributed by atoms with Crippen LogP contribution in [0.3, 0.4) is 0 Å². The van der Waals surface area contributed by atoms with E-state index in [0.29, 0.717) is 17.9 Å². The number of amides is 3. The first-order valence-electron chi connectivity index (χ1n) is 9.31. The van der Waals surface area contributed by atoms with Gasteiger partial charge in [-0.25, -0.2) is 0 Å². The second kappa shape index (κ2) is 7.84. The molecule has 2 N–H and O–H groups in total. The van der Waals surface area contributed by atoms with Crippen molar-refractivity contribution >= 4 is 34.8 Å². The largest absolute Gasteiger partial charge is 0.326 e. The zero-order chi connectivity index (χ0) is 20.4. The molecule has 0 radical (unpaired) electrons. The lowest BCUT2D eigenvalue weighted by Gasteiger charge is -2.22. The number of nitrogens with zero attached hydrogens (tertiary/aromatic N) is 1. The Bertz CT molecular complexity index is 929. The van der Waals surface area contributed by atoms with Crippen molar-refractivity contribution in [2.24, 2.45) is 5.92 Å². The second-order valence-electron chi connectivity index (χ2n) is 7.40. The molecule has 0 saturated carbocycles. The molecule has 6 nitrogen and oxygen atoms in total. The van der Waals surface area contributed by atoms with Crippen LogP contribution < -0.4 is 15.5 Å². The molecule has 1 aliphatic rings. The van der Waals surface area contributed by atoms with E-state index < -0.39 is 5.92 Å². The van der Waals surface area contributed by atoms with E-state index in [1.54, 1.807) is 29.2 Å². The maximum Gasteiger partial charge on any atom is 0.229 e. The number of anilines is 3. The molecule has 1 heterocycles. The summed E-state index contributed by atoms with van der Waals surface area (Å²) in [4.78, 5) is 38.2. The van der Waals surface area contributed by atoms with Gasteiger partial charge in [0.1, 0.15) is 0 Å². The minimum absolute atomic E-state index is 0.0396. The molecule has 1 saturated heterocycles. The molecule has 1 aliphatic heterocycles. The minimum atomic E-state index is -0.419. The highest BCUT2D eigenvalue weighted by Crippen LogP contribution is 2.32. The van der Waals surface area contributed by atoms with E-state index in [-0.39, 0.29) is 24.1 Å². The van der Waals surface area contributed by atoms with E-state index in [9.17, 15) is 14.4 Å². The van der Waals surface area contributed by atoms with Crippen molar-refractivity contribution in [3.63, 3.8) is 0 Å². The van der Waals surface area contributed by atoms with Gasteiger partial charge in [0.2, 0.25) is 17.7 Å². The molecule has 1 unspecified atom stereocenters. The molecule has 3 amide bonds. The van der Waals surface area contributed by atoms with Crippen LogP contribution in [0, 0.1) is 26.7 Å². The van der Waals surface area contributed by atoms with Crippen LogP contribution in [0.25, 0.3) is 0 Å². The predicted molar refractivity (Wildman–Crippen MR) is 110 cm³/mol. The Hall–Kier alpha value is -3.15. The zero-order valence-corrected chi connectivity index (χ0v) is 16.6. The third kappa shape index (κ3) is 4.22. The molecule has 0 aromatic heterocycles. The Morgan fingerprint density at radius 1 is 1.00 bits per heavy atom. The molecular formula is C22H25N3O3. The lowest BCUT2D eigenvalue weighted by molar-refractivity contribution is -0.122. The summed E-state index contributed by atoms with van der Waals surface area (Å²) in [5.74, 6) is -0.832. The number of carbonyl (C=O) groups is 3. The lowest BCUT2D eigenvalue weighted by Crippen LogP contribution is -2.29. The van der Waals surface area contributed by atoms with Gasteiger partial charge in [0.05, 0.1) is 5.92 Å². The molecule has 6 heteroatoms. The number of hydrogen-bond donors (Lipinski definition) is 2. The smallest absolute Gasteiger partial charge is 0.229 e. The van der Waals surface area contributed by atoms with Crippen molar-refractivity contribution in [3.05, 3.63) is 53.1 Å². The van der Waals surface area contributed by atoms with Crippen molar-refractivity contribution in [3.8, 4) is 0 Å². The van der Waals surface area contributed by atoms with Gasteiger partial charge in [-0.1, -0.05) is 23.8 Å². The number of nitrogens with one attached hydrogen (secondary N) is 2. The molecule has 3 rings (SSSR count).